The first-order valence-electron chi connectivity index (χ1n) is 13.8. The average molecular weight is 704 g/mol. The molecule has 0 saturated carbocycles. The number of rotatable bonds is 3. The number of nitrogens with zero attached hydrogens (tertiary/aromatic N) is 7. The van der Waals surface area contributed by atoms with Crippen molar-refractivity contribution in [2.75, 3.05) is 24.7 Å². The molecule has 46 heavy (non-hydrogen) atoms. The van der Waals surface area contributed by atoms with Crippen molar-refractivity contribution < 1.29 is 45.5 Å². The zero-order valence-electron chi connectivity index (χ0n) is 23.7. The van der Waals surface area contributed by atoms with Gasteiger partial charge in [-0.2, -0.15) is 8.42 Å². The Bertz CT molecular complexity index is 2030. The van der Waals surface area contributed by atoms with E-state index in [2.05, 4.69) is 29.9 Å². The number of aromatic nitrogens is 8. The molecule has 7 heterocycles. The highest BCUT2D eigenvalue weighted by molar-refractivity contribution is 8.07. The van der Waals surface area contributed by atoms with Crippen LogP contribution in [0, 0.1) is 12.8 Å². The standard InChI is InChI=1S/C23H27FN9O10PS2/c1-9-30-20-15(21(35)31-9)29-8-33(20)23-16-10(4-34)12(41-23)5-39-44(36,45)42-17-11(2-3-46(37,38)43-16)40-22(13(17)24)32-7-28-14-18(25)26-6-27-19(14)32/h6-8,10-13,16-17,22-23,34H,2-5H2,1H3,(H,36,45)(H2,25,26,27)(H,30,31,35). The number of hydrogen-bond acceptors (Lipinski definition) is 16. The molecular weight excluding hydrogens is 676 g/mol. The molecule has 3 saturated heterocycles. The minimum Gasteiger partial charge on any atom is -0.396 e. The van der Waals surface area contributed by atoms with E-state index >= 15 is 4.39 Å². The summed E-state index contributed by atoms with van der Waals surface area (Å²) in [6.07, 6.45) is -6.72. The zero-order valence-corrected chi connectivity index (χ0v) is 26.2. The molecule has 3 fully saturated rings. The lowest BCUT2D eigenvalue weighted by atomic mass is 9.99. The second-order valence-electron chi connectivity index (χ2n) is 10.9. The van der Waals surface area contributed by atoms with Gasteiger partial charge in [0.2, 0.25) is 0 Å². The molecule has 3 aliphatic rings. The number of aryl methyl sites for hydroxylation is 1. The number of aliphatic hydroxyl groups excluding tert-OH is 1. The summed E-state index contributed by atoms with van der Waals surface area (Å²) in [7, 11) is -4.44. The number of alkyl halides is 1. The molecule has 0 spiro atoms. The number of aromatic amines is 1. The van der Waals surface area contributed by atoms with Crippen molar-refractivity contribution in [1.82, 2.24) is 39.0 Å². The third kappa shape index (κ3) is 5.51. The Balaban J connectivity index is 1.22. The number of H-pyrrole nitrogens is 1. The van der Waals surface area contributed by atoms with E-state index in [0.717, 1.165) is 0 Å². The molecule has 0 aliphatic carbocycles. The molecule has 4 aromatic rings. The van der Waals surface area contributed by atoms with Crippen LogP contribution in [-0.2, 0) is 44.6 Å². The van der Waals surface area contributed by atoms with Gasteiger partial charge in [0, 0.05) is 5.92 Å². The number of fused-ring (bicyclic) bond motifs is 5. The van der Waals surface area contributed by atoms with Crippen LogP contribution in [0.4, 0.5) is 10.2 Å². The van der Waals surface area contributed by atoms with E-state index in [1.54, 1.807) is 6.92 Å². The number of nitrogen functional groups attached to an aromatic ring is 1. The highest BCUT2D eigenvalue weighted by Gasteiger charge is 2.53. The van der Waals surface area contributed by atoms with Gasteiger partial charge >= 0.3 is 6.72 Å². The number of aliphatic hydroxyl groups is 1. The smallest absolute Gasteiger partial charge is 0.325 e. The monoisotopic (exact) mass is 703 g/mol. The summed E-state index contributed by atoms with van der Waals surface area (Å²) in [6, 6.07) is 0. The lowest BCUT2D eigenvalue weighted by Crippen LogP contribution is -2.36. The first-order chi connectivity index (χ1) is 21.9. The molecule has 9 atom stereocenters. The largest absolute Gasteiger partial charge is 0.396 e. The maximum Gasteiger partial charge on any atom is 0.325 e. The van der Waals surface area contributed by atoms with E-state index in [4.69, 9.17) is 40.2 Å². The SMILES string of the molecule is Cc1nc2c(ncn2C2OC3COP(O)(=S)OC4C(CCS(=O)(=O)OC2C3CO)OC(n2cnc3c(N)ncnc32)C4F)c(=O)[nH]1. The van der Waals surface area contributed by atoms with Gasteiger partial charge in [-0.1, -0.05) is 0 Å². The Morgan fingerprint density at radius 2 is 1.83 bits per heavy atom. The molecule has 5 N–H and O–H groups in total. The predicted molar refractivity (Wildman–Crippen MR) is 157 cm³/mol. The van der Waals surface area contributed by atoms with Crippen LogP contribution in [0.1, 0.15) is 24.7 Å². The maximum atomic E-state index is 16.1. The Morgan fingerprint density at radius 1 is 1.11 bits per heavy atom. The van der Waals surface area contributed by atoms with Crippen LogP contribution in [0.15, 0.2) is 23.8 Å². The highest BCUT2D eigenvalue weighted by atomic mass is 32.5. The quantitative estimate of drug-likeness (QED) is 0.152. The van der Waals surface area contributed by atoms with E-state index in [1.165, 1.54) is 28.1 Å². The number of halogens is 1. The highest BCUT2D eigenvalue weighted by Crippen LogP contribution is 2.51. The van der Waals surface area contributed by atoms with Crippen molar-refractivity contribution in [2.24, 2.45) is 5.92 Å². The van der Waals surface area contributed by atoms with E-state index in [0.29, 0.717) is 0 Å². The molecule has 9 unspecified atom stereocenters. The van der Waals surface area contributed by atoms with E-state index in [9.17, 15) is 23.2 Å². The van der Waals surface area contributed by atoms with Crippen molar-refractivity contribution in [3.05, 3.63) is 35.2 Å². The van der Waals surface area contributed by atoms with Gasteiger partial charge in [0.15, 0.2) is 41.3 Å². The van der Waals surface area contributed by atoms with Crippen LogP contribution in [0.5, 0.6) is 0 Å². The van der Waals surface area contributed by atoms with Gasteiger partial charge < -0.3 is 34.7 Å². The number of ether oxygens (including phenoxy) is 2. The van der Waals surface area contributed by atoms with Crippen LogP contribution < -0.4 is 11.3 Å². The van der Waals surface area contributed by atoms with Crippen molar-refractivity contribution in [2.45, 2.75) is 56.4 Å². The summed E-state index contributed by atoms with van der Waals surface area (Å²) < 4.78 is 74.4. The van der Waals surface area contributed by atoms with Gasteiger partial charge in [-0.05, 0) is 25.2 Å². The Kier molecular flexibility index (Phi) is 7.94. The fourth-order valence-electron chi connectivity index (χ4n) is 5.89. The second kappa shape index (κ2) is 11.6. The Morgan fingerprint density at radius 3 is 2.59 bits per heavy atom. The summed E-state index contributed by atoms with van der Waals surface area (Å²) in [5.41, 5.74) is 5.71. The van der Waals surface area contributed by atoms with Crippen molar-refractivity contribution in [3.8, 4) is 0 Å². The minimum absolute atomic E-state index is 0.0377. The van der Waals surface area contributed by atoms with Gasteiger partial charge in [-0.25, -0.2) is 29.3 Å². The van der Waals surface area contributed by atoms with Crippen molar-refractivity contribution >= 4 is 56.8 Å². The summed E-state index contributed by atoms with van der Waals surface area (Å²) in [4.78, 5) is 46.5. The summed E-state index contributed by atoms with van der Waals surface area (Å²) in [5, 5.41) is 10.3. The molecule has 7 rings (SSSR count). The normalized spacial score (nSPS) is 35.0. The van der Waals surface area contributed by atoms with Gasteiger partial charge in [-0.15, -0.1) is 0 Å². The topological polar surface area (TPSA) is 254 Å². The number of imidazole rings is 2. The molecule has 0 amide bonds. The van der Waals surface area contributed by atoms with Crippen molar-refractivity contribution in [1.29, 1.82) is 0 Å². The fourth-order valence-corrected chi connectivity index (χ4v) is 8.52. The molecule has 19 nitrogen and oxygen atoms in total. The Hall–Kier alpha value is -3.05. The van der Waals surface area contributed by atoms with Crippen LogP contribution in [0.25, 0.3) is 22.3 Å². The molecule has 4 aromatic heterocycles. The average Bonchev–Trinajstić information content (AvgIpc) is 3.75. The molecule has 0 aromatic carbocycles. The number of nitrogens with two attached hydrogens (primary N) is 1. The summed E-state index contributed by atoms with van der Waals surface area (Å²) in [5.74, 6) is -1.42. The zero-order chi connectivity index (χ0) is 32.5. The number of hydrogen-bond donors (Lipinski definition) is 4. The molecular formula is C23H27FN9O10PS2. The van der Waals surface area contributed by atoms with Crippen LogP contribution in [-0.4, -0.2) is 107 Å². The molecule has 248 valence electrons. The molecule has 3 aliphatic heterocycles. The third-order valence-electron chi connectivity index (χ3n) is 8.03. The van der Waals surface area contributed by atoms with E-state index < -0.39 is 90.3 Å². The van der Waals surface area contributed by atoms with Crippen LogP contribution in [0.2, 0.25) is 0 Å². The van der Waals surface area contributed by atoms with Gasteiger partial charge in [0.25, 0.3) is 15.7 Å². The molecule has 23 heteroatoms. The molecule has 2 bridgehead atoms. The van der Waals surface area contributed by atoms with Crippen LogP contribution in [0.3, 0.4) is 0 Å². The minimum atomic E-state index is -4.44. The second-order valence-corrected chi connectivity index (χ2v) is 15.4. The van der Waals surface area contributed by atoms with Gasteiger partial charge in [0.1, 0.15) is 29.9 Å². The lowest BCUT2D eigenvalue weighted by molar-refractivity contribution is -0.0475. The van der Waals surface area contributed by atoms with E-state index in [1.807, 2.05) is 0 Å². The van der Waals surface area contributed by atoms with Gasteiger partial charge in [0.05, 0.1) is 43.8 Å². The molecule has 0 radical (unpaired) electrons. The summed E-state index contributed by atoms with van der Waals surface area (Å²) >= 11 is 5.22. The van der Waals surface area contributed by atoms with Crippen LogP contribution >= 0.6 is 6.72 Å². The Labute approximate surface area is 263 Å². The number of nitrogens with one attached hydrogen (secondary N) is 1. The summed E-state index contributed by atoms with van der Waals surface area (Å²) in [6.45, 7) is -3.82. The fraction of sp³-hybridized carbons (Fsp3) is 0.565. The number of anilines is 1. The first kappa shape index (κ1) is 31.5. The lowest BCUT2D eigenvalue weighted by Gasteiger charge is -2.26. The predicted octanol–water partition coefficient (Wildman–Crippen LogP) is -0.671. The van der Waals surface area contributed by atoms with Gasteiger partial charge in [-0.3, -0.25) is 22.6 Å². The third-order valence-corrected chi connectivity index (χ3v) is 10.8. The van der Waals surface area contributed by atoms with E-state index in [-0.39, 0.29) is 40.4 Å². The van der Waals surface area contributed by atoms with Crippen molar-refractivity contribution in [3.63, 3.8) is 0 Å². The first-order valence-corrected chi connectivity index (χ1v) is 18.0. The maximum absolute atomic E-state index is 16.1.